The second kappa shape index (κ2) is 7.67. The molecule has 3 N–H and O–H groups in total. The number of aliphatic hydroxyl groups is 1. The van der Waals surface area contributed by atoms with E-state index in [-0.39, 0.29) is 11.7 Å². The topological polar surface area (TPSA) is 115 Å². The number of nitrogens with one attached hydrogen (secondary N) is 2. The van der Waals surface area contributed by atoms with Crippen LogP contribution in [-0.4, -0.2) is 57.8 Å². The van der Waals surface area contributed by atoms with Crippen LogP contribution in [0.15, 0.2) is 35.1 Å². The number of nitriles is 1. The van der Waals surface area contributed by atoms with Crippen LogP contribution in [0.5, 0.6) is 0 Å². The van der Waals surface area contributed by atoms with Gasteiger partial charge in [0.15, 0.2) is 5.76 Å². The Kier molecular flexibility index (Phi) is 5.21. The van der Waals surface area contributed by atoms with Gasteiger partial charge in [0.2, 0.25) is 0 Å². The summed E-state index contributed by atoms with van der Waals surface area (Å²) >= 11 is 0. The first-order valence-electron chi connectivity index (χ1n) is 9.92. The fraction of sp³-hybridized carbons (Fsp3) is 0.524. The molecule has 2 aromatic heterocycles. The number of carbonyl (C=O) groups excluding carboxylic acids is 1. The highest BCUT2D eigenvalue weighted by Gasteiger charge is 2.53. The lowest BCUT2D eigenvalue weighted by Gasteiger charge is -2.53. The van der Waals surface area contributed by atoms with Gasteiger partial charge in [-0.2, -0.15) is 5.26 Å². The number of rotatable bonds is 4. The van der Waals surface area contributed by atoms with E-state index in [1.54, 1.807) is 12.1 Å². The maximum absolute atomic E-state index is 12.5. The fourth-order valence-electron chi connectivity index (χ4n) is 4.48. The Morgan fingerprint density at radius 2 is 2.24 bits per heavy atom. The van der Waals surface area contributed by atoms with Crippen LogP contribution in [-0.2, 0) is 11.3 Å². The molecule has 0 aliphatic carbocycles. The lowest BCUT2D eigenvalue weighted by atomic mass is 9.73. The van der Waals surface area contributed by atoms with Gasteiger partial charge in [0.1, 0.15) is 17.9 Å². The lowest BCUT2D eigenvalue weighted by molar-refractivity contribution is -0.206. The van der Waals surface area contributed by atoms with Gasteiger partial charge in [-0.15, -0.1) is 0 Å². The van der Waals surface area contributed by atoms with Crippen LogP contribution in [0.4, 0.5) is 0 Å². The monoisotopic (exact) mass is 398 g/mol. The number of furan rings is 1. The lowest BCUT2D eigenvalue weighted by Crippen LogP contribution is -2.69. The van der Waals surface area contributed by atoms with Crippen LogP contribution < -0.4 is 5.32 Å². The Balaban J connectivity index is 1.40. The van der Waals surface area contributed by atoms with E-state index < -0.39 is 17.2 Å². The minimum absolute atomic E-state index is 0.233. The average molecular weight is 398 g/mol. The molecule has 2 atom stereocenters. The molecule has 0 saturated carbocycles. The van der Waals surface area contributed by atoms with Crippen molar-refractivity contribution < 1.29 is 19.1 Å². The first-order valence-corrected chi connectivity index (χ1v) is 9.92. The normalized spacial score (nSPS) is 26.9. The predicted molar refractivity (Wildman–Crippen MR) is 104 cm³/mol. The van der Waals surface area contributed by atoms with Gasteiger partial charge in [-0.1, -0.05) is 0 Å². The molecule has 4 rings (SSSR count). The summed E-state index contributed by atoms with van der Waals surface area (Å²) in [4.78, 5) is 17.7. The standard InChI is InChI=1S/C21H26N4O4/c1-20(24-18(26)17-3-2-9-28-17)6-10-29-21(19(20)27)4-7-25(8-5-21)14-15-11-16(12-22)23-13-15/h2-3,9,11,13,19,23,27H,4-8,10,14H2,1H3,(H,24,26)/t19-,20+/m1/s1. The van der Waals surface area contributed by atoms with Crippen molar-refractivity contribution in [2.24, 2.45) is 0 Å². The van der Waals surface area contributed by atoms with E-state index in [9.17, 15) is 9.90 Å². The molecule has 2 fully saturated rings. The second-order valence-corrected chi connectivity index (χ2v) is 8.22. The second-order valence-electron chi connectivity index (χ2n) is 8.22. The molecule has 29 heavy (non-hydrogen) atoms. The summed E-state index contributed by atoms with van der Waals surface area (Å²) in [6.07, 6.45) is 4.38. The largest absolute Gasteiger partial charge is 0.459 e. The number of nitrogens with zero attached hydrogens (tertiary/aromatic N) is 2. The van der Waals surface area contributed by atoms with Crippen molar-refractivity contribution in [3.05, 3.63) is 47.7 Å². The van der Waals surface area contributed by atoms with Crippen molar-refractivity contribution in [3.8, 4) is 6.07 Å². The summed E-state index contributed by atoms with van der Waals surface area (Å²) in [6.45, 7) is 4.64. The number of aromatic amines is 1. The van der Waals surface area contributed by atoms with Gasteiger partial charge >= 0.3 is 0 Å². The Bertz CT molecular complexity index is 892. The molecule has 0 bridgehead atoms. The van der Waals surface area contributed by atoms with E-state index in [2.05, 4.69) is 21.3 Å². The maximum Gasteiger partial charge on any atom is 0.287 e. The zero-order valence-electron chi connectivity index (χ0n) is 16.5. The molecule has 2 aliphatic heterocycles. The molecule has 1 spiro atoms. The van der Waals surface area contributed by atoms with Crippen LogP contribution in [0.1, 0.15) is 48.0 Å². The smallest absolute Gasteiger partial charge is 0.287 e. The highest BCUT2D eigenvalue weighted by Crippen LogP contribution is 2.40. The first kappa shape index (κ1) is 19.7. The number of carbonyl (C=O) groups is 1. The molecule has 8 heteroatoms. The van der Waals surface area contributed by atoms with Crippen molar-refractivity contribution in [1.29, 1.82) is 5.26 Å². The third kappa shape index (κ3) is 3.81. The Hall–Kier alpha value is -2.60. The molecule has 2 aromatic rings. The predicted octanol–water partition coefficient (Wildman–Crippen LogP) is 1.78. The summed E-state index contributed by atoms with van der Waals surface area (Å²) in [7, 11) is 0. The van der Waals surface area contributed by atoms with E-state index in [0.717, 1.165) is 25.2 Å². The van der Waals surface area contributed by atoms with Crippen LogP contribution >= 0.6 is 0 Å². The van der Waals surface area contributed by atoms with E-state index in [1.807, 2.05) is 19.2 Å². The minimum atomic E-state index is -0.817. The number of H-pyrrole nitrogens is 1. The van der Waals surface area contributed by atoms with E-state index >= 15 is 0 Å². The van der Waals surface area contributed by atoms with Crippen molar-refractivity contribution >= 4 is 5.91 Å². The van der Waals surface area contributed by atoms with Gasteiger partial charge in [-0.05, 0) is 49.9 Å². The number of piperidine rings is 1. The highest BCUT2D eigenvalue weighted by atomic mass is 16.5. The first-order chi connectivity index (χ1) is 13.9. The molecular formula is C21H26N4O4. The van der Waals surface area contributed by atoms with Crippen molar-refractivity contribution in [2.45, 2.75) is 50.0 Å². The molecule has 1 amide bonds. The maximum atomic E-state index is 12.5. The summed E-state index contributed by atoms with van der Waals surface area (Å²) < 4.78 is 11.3. The zero-order valence-corrected chi connectivity index (χ0v) is 16.5. The van der Waals surface area contributed by atoms with Gasteiger partial charge in [-0.3, -0.25) is 9.69 Å². The molecule has 4 heterocycles. The van der Waals surface area contributed by atoms with Crippen LogP contribution in [0.3, 0.4) is 0 Å². The SMILES string of the molecule is C[C@]1(NC(=O)c2ccco2)CCOC2(CCN(Cc3c[nH]c(C#N)c3)CC2)[C@@H]1O. The van der Waals surface area contributed by atoms with Crippen molar-refractivity contribution in [1.82, 2.24) is 15.2 Å². The highest BCUT2D eigenvalue weighted by molar-refractivity contribution is 5.92. The Morgan fingerprint density at radius 1 is 1.45 bits per heavy atom. The van der Waals surface area contributed by atoms with Gasteiger partial charge in [0, 0.05) is 32.4 Å². The molecule has 154 valence electrons. The van der Waals surface area contributed by atoms with Crippen LogP contribution in [0.2, 0.25) is 0 Å². The summed E-state index contributed by atoms with van der Waals surface area (Å²) in [5.41, 5.74) is 0.170. The number of ether oxygens (including phenoxy) is 1. The number of aromatic nitrogens is 1. The molecule has 8 nitrogen and oxygen atoms in total. The molecule has 0 aromatic carbocycles. The third-order valence-corrected chi connectivity index (χ3v) is 6.23. The van der Waals surface area contributed by atoms with Crippen molar-refractivity contribution in [2.75, 3.05) is 19.7 Å². The molecule has 0 radical (unpaired) electrons. The van der Waals surface area contributed by atoms with Gasteiger partial charge in [-0.25, -0.2) is 0 Å². The summed E-state index contributed by atoms with van der Waals surface area (Å²) in [5, 5.41) is 23.1. The number of hydrogen-bond donors (Lipinski definition) is 3. The summed E-state index contributed by atoms with van der Waals surface area (Å²) in [6, 6.07) is 7.24. The van der Waals surface area contributed by atoms with Gasteiger partial charge < -0.3 is 24.6 Å². The number of likely N-dealkylation sites (tertiary alicyclic amines) is 1. The van der Waals surface area contributed by atoms with E-state index in [1.165, 1.54) is 6.26 Å². The van der Waals surface area contributed by atoms with E-state index in [4.69, 9.17) is 14.4 Å². The number of hydrogen-bond acceptors (Lipinski definition) is 6. The average Bonchev–Trinajstić information content (AvgIpc) is 3.40. The van der Waals surface area contributed by atoms with Crippen LogP contribution in [0.25, 0.3) is 0 Å². The Morgan fingerprint density at radius 3 is 2.90 bits per heavy atom. The molecule has 0 unspecified atom stereocenters. The summed E-state index contributed by atoms with van der Waals surface area (Å²) in [5.74, 6) is -0.0937. The van der Waals surface area contributed by atoms with E-state index in [0.29, 0.717) is 31.6 Å². The van der Waals surface area contributed by atoms with Crippen LogP contribution in [0, 0.1) is 11.3 Å². The molecular weight excluding hydrogens is 372 g/mol. The quantitative estimate of drug-likeness (QED) is 0.723. The van der Waals surface area contributed by atoms with Crippen molar-refractivity contribution in [3.63, 3.8) is 0 Å². The fourth-order valence-corrected chi connectivity index (χ4v) is 4.48. The number of amides is 1. The molecule has 2 saturated heterocycles. The Labute approximate surface area is 169 Å². The zero-order chi connectivity index (χ0) is 20.5. The van der Waals surface area contributed by atoms with Gasteiger partial charge in [0.25, 0.3) is 5.91 Å². The number of aliphatic hydroxyl groups excluding tert-OH is 1. The molecule has 2 aliphatic rings. The minimum Gasteiger partial charge on any atom is -0.459 e. The van der Waals surface area contributed by atoms with Gasteiger partial charge in [0.05, 0.1) is 17.4 Å². The third-order valence-electron chi connectivity index (χ3n) is 6.23.